The van der Waals surface area contributed by atoms with Crippen molar-refractivity contribution in [1.82, 2.24) is 9.13 Å². The zero-order valence-corrected chi connectivity index (χ0v) is 22.7. The third-order valence-electron chi connectivity index (χ3n) is 8.34. The lowest BCUT2D eigenvalue weighted by molar-refractivity contribution is 1.18. The Balaban J connectivity index is 1.43. The molecule has 41 heavy (non-hydrogen) atoms. The maximum atomic E-state index is 9.53. The van der Waals surface area contributed by atoms with Gasteiger partial charge in [0.2, 0.25) is 0 Å². The predicted octanol–water partition coefficient (Wildman–Crippen LogP) is 10.1. The fourth-order valence-electron chi connectivity index (χ4n) is 6.66. The second kappa shape index (κ2) is 8.32. The van der Waals surface area contributed by atoms with E-state index >= 15 is 0 Å². The van der Waals surface area contributed by atoms with Crippen LogP contribution in [0.5, 0.6) is 0 Å². The molecule has 0 saturated carbocycles. The smallest absolute Gasteiger partial charge is 0.0991 e. The maximum Gasteiger partial charge on any atom is 0.0991 e. The van der Waals surface area contributed by atoms with E-state index in [-0.39, 0.29) is 0 Å². The molecule has 0 unspecified atom stereocenters. The summed E-state index contributed by atoms with van der Waals surface area (Å²) in [6.45, 7) is 0. The van der Waals surface area contributed by atoms with Gasteiger partial charge < -0.3 is 9.13 Å². The van der Waals surface area contributed by atoms with Crippen molar-refractivity contribution in [2.45, 2.75) is 0 Å². The molecule has 6 aromatic carbocycles. The quantitative estimate of drug-likeness (QED) is 0.215. The van der Waals surface area contributed by atoms with Gasteiger partial charge in [-0.2, -0.15) is 5.26 Å². The topological polar surface area (TPSA) is 33.6 Å². The van der Waals surface area contributed by atoms with Gasteiger partial charge in [-0.3, -0.25) is 0 Å². The van der Waals surface area contributed by atoms with Crippen LogP contribution in [-0.2, 0) is 0 Å². The van der Waals surface area contributed by atoms with Gasteiger partial charge in [-0.15, -0.1) is 11.3 Å². The van der Waals surface area contributed by atoms with Gasteiger partial charge in [0.15, 0.2) is 0 Å². The summed E-state index contributed by atoms with van der Waals surface area (Å²) >= 11 is 1.79. The standard InChI is InChI=1S/C37H21N3S/c38-22-23-19-20-35-28(21-23)26-12-7-18-34(37(26)41-35)40-31-15-6-3-11-27(31)36-32(16-8-17-33(36)40)39-29-13-4-1-9-24(29)25-10-2-5-14-30(25)39/h1-21H. The summed E-state index contributed by atoms with van der Waals surface area (Å²) < 4.78 is 7.26. The molecule has 9 rings (SSSR count). The predicted molar refractivity (Wildman–Crippen MR) is 173 cm³/mol. The van der Waals surface area contributed by atoms with Crippen LogP contribution >= 0.6 is 11.3 Å². The van der Waals surface area contributed by atoms with E-state index in [9.17, 15) is 5.26 Å². The van der Waals surface area contributed by atoms with Crippen molar-refractivity contribution in [2.24, 2.45) is 0 Å². The molecule has 3 heterocycles. The first-order valence-electron chi connectivity index (χ1n) is 13.7. The number of para-hydroxylation sites is 3. The van der Waals surface area contributed by atoms with Crippen LogP contribution in [0.4, 0.5) is 0 Å². The van der Waals surface area contributed by atoms with Gasteiger partial charge in [-0.25, -0.2) is 0 Å². The molecule has 0 saturated heterocycles. The molecular formula is C37H21N3S. The number of benzene rings is 6. The summed E-state index contributed by atoms with van der Waals surface area (Å²) in [7, 11) is 0. The first kappa shape index (κ1) is 22.4. The van der Waals surface area contributed by atoms with Gasteiger partial charge >= 0.3 is 0 Å². The number of hydrogen-bond donors (Lipinski definition) is 0. The molecule has 4 heteroatoms. The molecule has 3 nitrogen and oxygen atoms in total. The van der Waals surface area contributed by atoms with Crippen LogP contribution in [0.25, 0.3) is 75.2 Å². The Morgan fingerprint density at radius 3 is 1.78 bits per heavy atom. The molecule has 0 aliphatic heterocycles. The number of hydrogen-bond acceptors (Lipinski definition) is 2. The monoisotopic (exact) mass is 539 g/mol. The first-order valence-corrected chi connectivity index (χ1v) is 14.5. The molecule has 0 aliphatic rings. The van der Waals surface area contributed by atoms with Crippen LogP contribution < -0.4 is 0 Å². The Hall–Kier alpha value is -5.37. The molecule has 0 N–H and O–H groups in total. The van der Waals surface area contributed by atoms with Gasteiger partial charge in [0.25, 0.3) is 0 Å². The highest BCUT2D eigenvalue weighted by Gasteiger charge is 2.20. The molecule has 9 aromatic rings. The van der Waals surface area contributed by atoms with E-state index in [4.69, 9.17) is 0 Å². The average molecular weight is 540 g/mol. The van der Waals surface area contributed by atoms with Crippen molar-refractivity contribution >= 4 is 75.1 Å². The van der Waals surface area contributed by atoms with E-state index in [1.54, 1.807) is 11.3 Å². The van der Waals surface area contributed by atoms with Gasteiger partial charge in [0.1, 0.15) is 0 Å². The summed E-state index contributed by atoms with van der Waals surface area (Å²) in [6, 6.07) is 47.6. The molecule has 0 fully saturated rings. The van der Waals surface area contributed by atoms with Crippen LogP contribution in [0.3, 0.4) is 0 Å². The first-order chi connectivity index (χ1) is 20.3. The second-order valence-electron chi connectivity index (χ2n) is 10.5. The number of aromatic nitrogens is 2. The van der Waals surface area contributed by atoms with Gasteiger partial charge in [0.05, 0.1) is 49.8 Å². The van der Waals surface area contributed by atoms with E-state index < -0.39 is 0 Å². The van der Waals surface area contributed by atoms with Crippen LogP contribution in [0, 0.1) is 11.3 Å². The lowest BCUT2D eigenvalue weighted by atomic mass is 10.1. The Bertz CT molecular complexity index is 2500. The fraction of sp³-hybridized carbons (Fsp3) is 0. The number of rotatable bonds is 2. The average Bonchev–Trinajstić information content (AvgIpc) is 3.68. The van der Waals surface area contributed by atoms with Gasteiger partial charge in [-0.1, -0.05) is 72.8 Å². The lowest BCUT2D eigenvalue weighted by Gasteiger charge is -2.12. The highest BCUT2D eigenvalue weighted by atomic mass is 32.1. The Morgan fingerprint density at radius 2 is 1.05 bits per heavy atom. The van der Waals surface area contributed by atoms with Crippen LogP contribution in [0.15, 0.2) is 127 Å². The van der Waals surface area contributed by atoms with E-state index in [0.717, 1.165) is 11.1 Å². The number of fused-ring (bicyclic) bond motifs is 9. The zero-order chi connectivity index (χ0) is 27.1. The zero-order valence-electron chi connectivity index (χ0n) is 21.9. The van der Waals surface area contributed by atoms with Crippen molar-refractivity contribution in [2.75, 3.05) is 0 Å². The SMILES string of the molecule is N#Cc1ccc2sc3c(-n4c5ccccc5c5c(-n6c7ccccc7c7ccccc76)cccc54)cccc3c2c1. The van der Waals surface area contributed by atoms with Crippen molar-refractivity contribution in [3.05, 3.63) is 133 Å². The van der Waals surface area contributed by atoms with Crippen LogP contribution in [0.1, 0.15) is 5.56 Å². The van der Waals surface area contributed by atoms with Crippen molar-refractivity contribution in [3.63, 3.8) is 0 Å². The van der Waals surface area contributed by atoms with E-state index in [1.165, 1.54) is 64.1 Å². The number of nitriles is 1. The summed E-state index contributed by atoms with van der Waals surface area (Å²) in [5, 5.41) is 16.8. The summed E-state index contributed by atoms with van der Waals surface area (Å²) in [6.07, 6.45) is 0. The second-order valence-corrected chi connectivity index (χ2v) is 11.5. The highest BCUT2D eigenvalue weighted by molar-refractivity contribution is 7.26. The largest absolute Gasteiger partial charge is 0.309 e. The van der Waals surface area contributed by atoms with E-state index in [1.807, 2.05) is 12.1 Å². The summed E-state index contributed by atoms with van der Waals surface area (Å²) in [4.78, 5) is 0. The minimum Gasteiger partial charge on any atom is -0.309 e. The van der Waals surface area contributed by atoms with E-state index in [2.05, 4.69) is 130 Å². The van der Waals surface area contributed by atoms with Crippen molar-refractivity contribution < 1.29 is 0 Å². The van der Waals surface area contributed by atoms with Crippen LogP contribution in [-0.4, -0.2) is 9.13 Å². The molecule has 3 aromatic heterocycles. The Kier molecular flexibility index (Phi) is 4.55. The molecule has 0 radical (unpaired) electrons. The van der Waals surface area contributed by atoms with E-state index in [0.29, 0.717) is 5.56 Å². The molecule has 0 spiro atoms. The third-order valence-corrected chi connectivity index (χ3v) is 9.55. The van der Waals surface area contributed by atoms with Crippen LogP contribution in [0.2, 0.25) is 0 Å². The van der Waals surface area contributed by atoms with Gasteiger partial charge in [0, 0.05) is 37.0 Å². The number of thiophene rings is 1. The molecule has 0 bridgehead atoms. The molecule has 0 atom stereocenters. The molecule has 0 amide bonds. The maximum absolute atomic E-state index is 9.53. The Morgan fingerprint density at radius 1 is 0.488 bits per heavy atom. The summed E-state index contributed by atoms with van der Waals surface area (Å²) in [5.41, 5.74) is 7.79. The Labute approximate surface area is 239 Å². The highest BCUT2D eigenvalue weighted by Crippen LogP contribution is 2.43. The van der Waals surface area contributed by atoms with Gasteiger partial charge in [-0.05, 0) is 54.6 Å². The minimum absolute atomic E-state index is 0.690. The van der Waals surface area contributed by atoms with Crippen molar-refractivity contribution in [3.8, 4) is 17.4 Å². The fourth-order valence-corrected chi connectivity index (χ4v) is 7.84. The lowest BCUT2D eigenvalue weighted by Crippen LogP contribution is -1.96. The van der Waals surface area contributed by atoms with Crippen molar-refractivity contribution in [1.29, 1.82) is 5.26 Å². The number of nitrogens with zero attached hydrogens (tertiary/aromatic N) is 3. The minimum atomic E-state index is 0.690. The molecule has 0 aliphatic carbocycles. The summed E-state index contributed by atoms with van der Waals surface area (Å²) in [5.74, 6) is 0. The molecular weight excluding hydrogens is 518 g/mol. The molecule has 190 valence electrons. The third kappa shape index (κ3) is 3.01. The normalized spacial score (nSPS) is 11.9.